The maximum Gasteiger partial charge on any atom is 0.306 e. The smallest absolute Gasteiger partial charge is 0.306 e. The lowest BCUT2D eigenvalue weighted by molar-refractivity contribution is -0.167. The predicted molar refractivity (Wildman–Crippen MR) is 325 cm³/mol. The molecule has 0 aliphatic rings. The van der Waals surface area contributed by atoms with Crippen molar-refractivity contribution in [3.8, 4) is 0 Å². The van der Waals surface area contributed by atoms with Crippen molar-refractivity contribution < 1.29 is 28.6 Å². The van der Waals surface area contributed by atoms with Crippen molar-refractivity contribution in [1.82, 2.24) is 0 Å². The molecule has 0 spiro atoms. The van der Waals surface area contributed by atoms with E-state index >= 15 is 0 Å². The summed E-state index contributed by atoms with van der Waals surface area (Å²) in [5.74, 6) is -0.900. The van der Waals surface area contributed by atoms with Gasteiger partial charge in [-0.05, 0) is 109 Å². The topological polar surface area (TPSA) is 78.9 Å². The Hall–Kier alpha value is -4.19. The molecule has 0 radical (unpaired) electrons. The van der Waals surface area contributed by atoms with Gasteiger partial charge in [-0.15, -0.1) is 0 Å². The standard InChI is InChI=1S/C69H114O6/c1-4-7-10-13-16-18-20-22-24-26-28-30-31-32-33-34-35-36-37-39-40-42-44-46-48-50-53-56-59-62-68(71)74-65-66(64-73-67(70)61-58-55-52-15-12-9-6-3)75-69(72)63-60-57-54-51-49-47-45-43-41-38-29-27-25-23-21-19-17-14-11-8-5-2/h7-8,10-11,16-19,22-25,28-30,32-33,35-36,38,66H,4-6,9,12-15,20-21,26-27,31,34,37,39-65H2,1-3H3/b10-7-,11-8-,18-16-,19-17-,24-22-,25-23-,30-28-,33-32-,36-35-,38-29-. The van der Waals surface area contributed by atoms with E-state index < -0.39 is 6.10 Å². The fourth-order valence-electron chi connectivity index (χ4n) is 8.38. The third-order valence-electron chi connectivity index (χ3n) is 13.0. The molecule has 0 aromatic rings. The zero-order chi connectivity index (χ0) is 54.3. The third-order valence-corrected chi connectivity index (χ3v) is 13.0. The van der Waals surface area contributed by atoms with E-state index in [0.717, 1.165) is 128 Å². The Morgan fingerprint density at radius 1 is 0.280 bits per heavy atom. The number of hydrogen-bond acceptors (Lipinski definition) is 6. The van der Waals surface area contributed by atoms with Crippen LogP contribution in [0.3, 0.4) is 0 Å². The number of unbranched alkanes of at least 4 members (excludes halogenated alkanes) is 24. The first-order chi connectivity index (χ1) is 37.0. The molecular weight excluding hydrogens is 925 g/mol. The summed E-state index contributed by atoms with van der Waals surface area (Å²) in [7, 11) is 0. The second kappa shape index (κ2) is 62.4. The molecule has 426 valence electrons. The van der Waals surface area contributed by atoms with Gasteiger partial charge in [0.2, 0.25) is 0 Å². The minimum Gasteiger partial charge on any atom is -0.462 e. The van der Waals surface area contributed by atoms with Crippen molar-refractivity contribution in [2.45, 2.75) is 284 Å². The Kier molecular flexibility index (Phi) is 58.9. The van der Waals surface area contributed by atoms with E-state index in [1.54, 1.807) is 0 Å². The molecule has 0 saturated heterocycles. The monoisotopic (exact) mass is 1040 g/mol. The van der Waals surface area contributed by atoms with E-state index in [1.807, 2.05) is 0 Å². The largest absolute Gasteiger partial charge is 0.462 e. The van der Waals surface area contributed by atoms with Crippen LogP contribution in [0.1, 0.15) is 278 Å². The molecule has 1 unspecified atom stereocenters. The van der Waals surface area contributed by atoms with E-state index in [9.17, 15) is 14.4 Å². The quantitative estimate of drug-likeness (QED) is 0.0261. The van der Waals surface area contributed by atoms with E-state index in [-0.39, 0.29) is 31.1 Å². The molecule has 0 aliphatic carbocycles. The van der Waals surface area contributed by atoms with Gasteiger partial charge in [0.25, 0.3) is 0 Å². The lowest BCUT2D eigenvalue weighted by atomic mass is 10.1. The molecule has 0 aromatic heterocycles. The highest BCUT2D eigenvalue weighted by Gasteiger charge is 2.19. The third kappa shape index (κ3) is 60.6. The maximum absolute atomic E-state index is 12.8. The van der Waals surface area contributed by atoms with Crippen LogP contribution in [0.5, 0.6) is 0 Å². The van der Waals surface area contributed by atoms with Crippen molar-refractivity contribution in [1.29, 1.82) is 0 Å². The van der Waals surface area contributed by atoms with Gasteiger partial charge in [0, 0.05) is 19.3 Å². The molecule has 0 rings (SSSR count). The number of allylic oxidation sites excluding steroid dienone is 20. The first kappa shape index (κ1) is 70.8. The summed E-state index contributed by atoms with van der Waals surface area (Å²) in [4.78, 5) is 38.1. The number of carbonyl (C=O) groups excluding carboxylic acids is 3. The van der Waals surface area contributed by atoms with Crippen molar-refractivity contribution in [2.75, 3.05) is 13.2 Å². The molecule has 1 atom stereocenters. The van der Waals surface area contributed by atoms with Crippen LogP contribution >= 0.6 is 0 Å². The van der Waals surface area contributed by atoms with Crippen molar-refractivity contribution in [3.05, 3.63) is 122 Å². The van der Waals surface area contributed by atoms with Gasteiger partial charge in [-0.25, -0.2) is 0 Å². The fourth-order valence-corrected chi connectivity index (χ4v) is 8.38. The molecule has 0 saturated carbocycles. The lowest BCUT2D eigenvalue weighted by Crippen LogP contribution is -2.30. The van der Waals surface area contributed by atoms with Crippen molar-refractivity contribution in [3.63, 3.8) is 0 Å². The summed E-state index contributed by atoms with van der Waals surface area (Å²) < 4.78 is 16.8. The molecular formula is C69H114O6. The van der Waals surface area contributed by atoms with Gasteiger partial charge in [-0.2, -0.15) is 0 Å². The van der Waals surface area contributed by atoms with E-state index in [0.29, 0.717) is 19.3 Å². The first-order valence-corrected chi connectivity index (χ1v) is 31.0. The summed E-state index contributed by atoms with van der Waals surface area (Å²) in [6.07, 6.45) is 86.5. The number of rotatable bonds is 55. The van der Waals surface area contributed by atoms with Gasteiger partial charge < -0.3 is 14.2 Å². The SMILES string of the molecule is CC/C=C\C/C=C\C/C=C\C/C=C\C/C=C\C/C=C\CCCCCCCCCCCCC(=O)OCC(COC(=O)CCCCCCCCC)OC(=O)CCCCCCCCCC/C=C\C/C=C\C/C=C\C/C=C\CC. The molecule has 0 fully saturated rings. The van der Waals surface area contributed by atoms with Crippen LogP contribution < -0.4 is 0 Å². The average Bonchev–Trinajstić information content (AvgIpc) is 3.41. The second-order valence-electron chi connectivity index (χ2n) is 20.2. The van der Waals surface area contributed by atoms with Crippen LogP contribution in [0.4, 0.5) is 0 Å². The van der Waals surface area contributed by atoms with Crippen LogP contribution in [0.25, 0.3) is 0 Å². The van der Waals surface area contributed by atoms with Crippen LogP contribution in [0, 0.1) is 0 Å². The molecule has 6 nitrogen and oxygen atoms in total. The zero-order valence-electron chi connectivity index (χ0n) is 48.8. The Balaban J connectivity index is 4.18. The number of ether oxygens (including phenoxy) is 3. The molecule has 0 N–H and O–H groups in total. The lowest BCUT2D eigenvalue weighted by Gasteiger charge is -2.18. The Bertz CT molecular complexity index is 1570. The summed E-state index contributed by atoms with van der Waals surface area (Å²) >= 11 is 0. The normalized spacial score (nSPS) is 12.9. The van der Waals surface area contributed by atoms with Gasteiger partial charge in [0.1, 0.15) is 13.2 Å². The molecule has 0 aromatic carbocycles. The molecule has 0 aliphatic heterocycles. The predicted octanol–water partition coefficient (Wildman–Crippen LogP) is 21.2. The summed E-state index contributed by atoms with van der Waals surface area (Å²) in [5.41, 5.74) is 0. The first-order valence-electron chi connectivity index (χ1n) is 31.0. The van der Waals surface area contributed by atoms with Crippen LogP contribution in [-0.4, -0.2) is 37.2 Å². The summed E-state index contributed by atoms with van der Waals surface area (Å²) in [6.45, 7) is 6.37. The van der Waals surface area contributed by atoms with Gasteiger partial charge in [-0.3, -0.25) is 14.4 Å². The van der Waals surface area contributed by atoms with E-state index in [2.05, 4.69) is 142 Å². The summed E-state index contributed by atoms with van der Waals surface area (Å²) in [6, 6.07) is 0. The highest BCUT2D eigenvalue weighted by molar-refractivity contribution is 5.71. The van der Waals surface area contributed by atoms with Crippen molar-refractivity contribution >= 4 is 17.9 Å². The van der Waals surface area contributed by atoms with Gasteiger partial charge in [-0.1, -0.05) is 271 Å². The number of hydrogen-bond donors (Lipinski definition) is 0. The van der Waals surface area contributed by atoms with Crippen LogP contribution in [-0.2, 0) is 28.6 Å². The molecule has 0 amide bonds. The highest BCUT2D eigenvalue weighted by Crippen LogP contribution is 2.15. The minimum atomic E-state index is -0.784. The van der Waals surface area contributed by atoms with Gasteiger partial charge >= 0.3 is 17.9 Å². The van der Waals surface area contributed by atoms with Gasteiger partial charge in [0.15, 0.2) is 6.10 Å². The molecule has 0 heterocycles. The van der Waals surface area contributed by atoms with Crippen LogP contribution in [0.15, 0.2) is 122 Å². The van der Waals surface area contributed by atoms with Gasteiger partial charge in [0.05, 0.1) is 0 Å². The summed E-state index contributed by atoms with van der Waals surface area (Å²) in [5, 5.41) is 0. The fraction of sp³-hybridized carbons (Fsp3) is 0.667. The zero-order valence-corrected chi connectivity index (χ0v) is 48.8. The van der Waals surface area contributed by atoms with Crippen LogP contribution in [0.2, 0.25) is 0 Å². The van der Waals surface area contributed by atoms with E-state index in [1.165, 1.54) is 109 Å². The average molecular weight is 1040 g/mol. The second-order valence-corrected chi connectivity index (χ2v) is 20.2. The Morgan fingerprint density at radius 3 is 0.813 bits per heavy atom. The number of carbonyl (C=O) groups is 3. The molecule has 75 heavy (non-hydrogen) atoms. The minimum absolute atomic E-state index is 0.0832. The molecule has 6 heteroatoms. The van der Waals surface area contributed by atoms with Crippen molar-refractivity contribution in [2.24, 2.45) is 0 Å². The maximum atomic E-state index is 12.8. The Labute approximate surface area is 462 Å². The van der Waals surface area contributed by atoms with E-state index in [4.69, 9.17) is 14.2 Å². The Morgan fingerprint density at radius 2 is 0.520 bits per heavy atom. The number of esters is 3. The highest BCUT2D eigenvalue weighted by atomic mass is 16.6. The molecule has 0 bridgehead atoms.